The maximum absolute atomic E-state index is 12.9. The van der Waals surface area contributed by atoms with Crippen molar-refractivity contribution < 1.29 is 23.1 Å². The van der Waals surface area contributed by atoms with Gasteiger partial charge in [-0.25, -0.2) is 0 Å². The third kappa shape index (κ3) is 5.35. The number of β-amino-alcohol motifs (C(OH)–C–C–N with tert-alkyl or cyclic N) is 1. The van der Waals surface area contributed by atoms with Gasteiger partial charge in [-0.1, -0.05) is 6.42 Å². The summed E-state index contributed by atoms with van der Waals surface area (Å²) >= 11 is 0. The first-order valence-electron chi connectivity index (χ1n) is 8.36. The van der Waals surface area contributed by atoms with Crippen LogP contribution in [0.4, 0.5) is 13.2 Å². The Bertz CT molecular complexity index is 413. The van der Waals surface area contributed by atoms with E-state index in [1.807, 2.05) is 0 Å². The Morgan fingerprint density at radius 2 is 1.74 bits per heavy atom. The minimum atomic E-state index is -4.19. The van der Waals surface area contributed by atoms with Crippen molar-refractivity contribution in [1.29, 1.82) is 0 Å². The first kappa shape index (κ1) is 18.5. The SMILES string of the molecule is CC(C)(O)CN1CCN(C(=O)[C@@H]2CCC[C@@H](C(F)(F)F)C2)CC1. The van der Waals surface area contributed by atoms with Crippen molar-refractivity contribution in [1.82, 2.24) is 9.80 Å². The van der Waals surface area contributed by atoms with Gasteiger partial charge in [-0.15, -0.1) is 0 Å². The summed E-state index contributed by atoms with van der Waals surface area (Å²) in [7, 11) is 0. The average molecular weight is 336 g/mol. The molecule has 0 unspecified atom stereocenters. The van der Waals surface area contributed by atoms with Crippen LogP contribution in [-0.2, 0) is 4.79 Å². The highest BCUT2D eigenvalue weighted by atomic mass is 19.4. The van der Waals surface area contributed by atoms with Gasteiger partial charge in [0.15, 0.2) is 0 Å². The largest absolute Gasteiger partial charge is 0.391 e. The van der Waals surface area contributed by atoms with E-state index >= 15 is 0 Å². The fourth-order valence-electron chi connectivity index (χ4n) is 3.64. The fraction of sp³-hybridized carbons (Fsp3) is 0.938. The number of rotatable bonds is 3. The van der Waals surface area contributed by atoms with Crippen LogP contribution in [0.25, 0.3) is 0 Å². The van der Waals surface area contributed by atoms with E-state index in [9.17, 15) is 23.1 Å². The van der Waals surface area contributed by atoms with Gasteiger partial charge in [0.1, 0.15) is 0 Å². The molecule has 4 nitrogen and oxygen atoms in total. The third-order valence-corrected chi connectivity index (χ3v) is 4.78. The lowest BCUT2D eigenvalue weighted by molar-refractivity contribution is -0.187. The zero-order chi connectivity index (χ0) is 17.3. The predicted octanol–water partition coefficient (Wildman–Crippen LogP) is 2.27. The molecule has 0 radical (unpaired) electrons. The van der Waals surface area contributed by atoms with Gasteiger partial charge in [0.05, 0.1) is 11.5 Å². The van der Waals surface area contributed by atoms with E-state index in [2.05, 4.69) is 4.90 Å². The van der Waals surface area contributed by atoms with Crippen molar-refractivity contribution in [3.8, 4) is 0 Å². The van der Waals surface area contributed by atoms with E-state index in [0.717, 1.165) is 0 Å². The summed E-state index contributed by atoms with van der Waals surface area (Å²) < 4.78 is 38.6. The Kier molecular flexibility index (Phi) is 5.61. The molecule has 1 saturated carbocycles. The minimum Gasteiger partial charge on any atom is -0.389 e. The van der Waals surface area contributed by atoms with Gasteiger partial charge in [0.25, 0.3) is 0 Å². The van der Waals surface area contributed by atoms with Gasteiger partial charge in [0, 0.05) is 38.6 Å². The lowest BCUT2D eigenvalue weighted by Gasteiger charge is -2.39. The van der Waals surface area contributed by atoms with E-state index < -0.39 is 23.6 Å². The van der Waals surface area contributed by atoms with E-state index in [4.69, 9.17) is 0 Å². The van der Waals surface area contributed by atoms with Crippen molar-refractivity contribution in [2.24, 2.45) is 11.8 Å². The maximum atomic E-state index is 12.9. The second-order valence-corrected chi connectivity index (χ2v) is 7.52. The molecule has 1 heterocycles. The molecule has 1 saturated heterocycles. The number of amides is 1. The predicted molar refractivity (Wildman–Crippen MR) is 80.8 cm³/mol. The highest BCUT2D eigenvalue weighted by molar-refractivity contribution is 5.79. The van der Waals surface area contributed by atoms with Gasteiger partial charge in [-0.05, 0) is 33.1 Å². The molecule has 0 aromatic carbocycles. The Hall–Kier alpha value is -0.820. The van der Waals surface area contributed by atoms with Crippen LogP contribution in [0.5, 0.6) is 0 Å². The molecule has 2 aliphatic rings. The Morgan fingerprint density at radius 1 is 1.13 bits per heavy atom. The Morgan fingerprint density at radius 3 is 2.26 bits per heavy atom. The molecule has 1 aliphatic carbocycles. The first-order valence-corrected chi connectivity index (χ1v) is 8.36. The molecule has 2 atom stereocenters. The average Bonchev–Trinajstić information content (AvgIpc) is 2.45. The summed E-state index contributed by atoms with van der Waals surface area (Å²) in [5, 5.41) is 9.83. The third-order valence-electron chi connectivity index (χ3n) is 4.78. The lowest BCUT2D eigenvalue weighted by Crippen LogP contribution is -2.53. The second kappa shape index (κ2) is 6.97. The zero-order valence-corrected chi connectivity index (χ0v) is 13.9. The molecule has 23 heavy (non-hydrogen) atoms. The van der Waals surface area contributed by atoms with E-state index in [-0.39, 0.29) is 18.7 Å². The Labute approximate surface area is 135 Å². The molecule has 0 bridgehead atoms. The summed E-state index contributed by atoms with van der Waals surface area (Å²) in [5.41, 5.74) is -0.782. The van der Waals surface area contributed by atoms with Crippen LogP contribution in [0, 0.1) is 11.8 Å². The van der Waals surface area contributed by atoms with Crippen LogP contribution in [-0.4, -0.2) is 65.3 Å². The van der Waals surface area contributed by atoms with Crippen molar-refractivity contribution >= 4 is 5.91 Å². The van der Waals surface area contributed by atoms with Crippen LogP contribution in [0.3, 0.4) is 0 Å². The van der Waals surface area contributed by atoms with Crippen molar-refractivity contribution in [3.63, 3.8) is 0 Å². The highest BCUT2D eigenvalue weighted by Gasteiger charge is 2.44. The number of hydrogen-bond donors (Lipinski definition) is 1. The van der Waals surface area contributed by atoms with Gasteiger partial charge in [0.2, 0.25) is 5.91 Å². The van der Waals surface area contributed by atoms with Crippen LogP contribution >= 0.6 is 0 Å². The highest BCUT2D eigenvalue weighted by Crippen LogP contribution is 2.40. The van der Waals surface area contributed by atoms with E-state index in [1.54, 1.807) is 18.7 Å². The van der Waals surface area contributed by atoms with Crippen molar-refractivity contribution in [2.75, 3.05) is 32.7 Å². The van der Waals surface area contributed by atoms with E-state index in [0.29, 0.717) is 45.6 Å². The van der Waals surface area contributed by atoms with Gasteiger partial charge in [-0.3, -0.25) is 9.69 Å². The molecule has 1 amide bonds. The molecule has 2 rings (SSSR count). The summed E-state index contributed by atoms with van der Waals surface area (Å²) in [6, 6.07) is 0. The van der Waals surface area contributed by atoms with Gasteiger partial charge >= 0.3 is 6.18 Å². The molecule has 0 spiro atoms. The molecular weight excluding hydrogens is 309 g/mol. The molecular formula is C16H27F3N2O2. The lowest BCUT2D eigenvalue weighted by atomic mass is 9.80. The number of alkyl halides is 3. The topological polar surface area (TPSA) is 43.8 Å². The number of halogens is 3. The minimum absolute atomic E-state index is 0.0633. The smallest absolute Gasteiger partial charge is 0.389 e. The summed E-state index contributed by atoms with van der Waals surface area (Å²) in [6.45, 7) is 6.39. The number of carbonyl (C=O) groups excluding carboxylic acids is 1. The van der Waals surface area contributed by atoms with Crippen molar-refractivity contribution in [3.05, 3.63) is 0 Å². The molecule has 2 fully saturated rings. The number of hydrogen-bond acceptors (Lipinski definition) is 3. The maximum Gasteiger partial charge on any atom is 0.391 e. The first-order chi connectivity index (χ1) is 10.6. The monoisotopic (exact) mass is 336 g/mol. The quantitative estimate of drug-likeness (QED) is 0.860. The fourth-order valence-corrected chi connectivity index (χ4v) is 3.64. The van der Waals surface area contributed by atoms with Gasteiger partial charge in [-0.2, -0.15) is 13.2 Å². The molecule has 0 aromatic heterocycles. The molecule has 0 aromatic rings. The van der Waals surface area contributed by atoms with Gasteiger partial charge < -0.3 is 10.0 Å². The second-order valence-electron chi connectivity index (χ2n) is 7.52. The molecule has 1 N–H and O–H groups in total. The van der Waals surface area contributed by atoms with E-state index in [1.165, 1.54) is 0 Å². The standard InChI is InChI=1S/C16H27F3N2O2/c1-15(2,23)11-20-6-8-21(9-7-20)14(22)12-4-3-5-13(10-12)16(17,18)19/h12-13,23H,3-11H2,1-2H3/t12-,13-/m1/s1. The normalized spacial score (nSPS) is 28.0. The molecule has 134 valence electrons. The molecule has 1 aliphatic heterocycles. The number of carbonyl (C=O) groups is 1. The zero-order valence-electron chi connectivity index (χ0n) is 13.9. The number of piperazine rings is 1. The summed E-state index contributed by atoms with van der Waals surface area (Å²) in [5.74, 6) is -1.94. The Balaban J connectivity index is 1.85. The van der Waals surface area contributed by atoms with Crippen molar-refractivity contribution in [2.45, 2.75) is 51.3 Å². The summed E-state index contributed by atoms with van der Waals surface area (Å²) in [6.07, 6.45) is -3.07. The van der Waals surface area contributed by atoms with Crippen LogP contribution in [0.1, 0.15) is 39.5 Å². The summed E-state index contributed by atoms with van der Waals surface area (Å²) in [4.78, 5) is 16.3. The number of aliphatic hydroxyl groups is 1. The van der Waals surface area contributed by atoms with Crippen LogP contribution in [0.15, 0.2) is 0 Å². The number of nitrogens with zero attached hydrogens (tertiary/aromatic N) is 2. The van der Waals surface area contributed by atoms with Crippen LogP contribution < -0.4 is 0 Å². The van der Waals surface area contributed by atoms with Crippen LogP contribution in [0.2, 0.25) is 0 Å². The molecule has 7 heteroatoms.